The van der Waals surface area contributed by atoms with E-state index >= 15 is 0 Å². The van der Waals surface area contributed by atoms with Gasteiger partial charge in [0, 0.05) is 42.8 Å². The smallest absolute Gasteiger partial charge is 0.263 e. The molecule has 0 fully saturated rings. The first-order valence-corrected chi connectivity index (χ1v) is 11.5. The van der Waals surface area contributed by atoms with Crippen molar-refractivity contribution in [1.82, 2.24) is 24.5 Å². The van der Waals surface area contributed by atoms with Crippen molar-refractivity contribution in [2.24, 2.45) is 7.05 Å². The Hall–Kier alpha value is -4.25. The lowest BCUT2D eigenvalue weighted by Gasteiger charge is -2.11. The Morgan fingerprint density at radius 3 is 2.59 bits per heavy atom. The van der Waals surface area contributed by atoms with Crippen LogP contribution in [0, 0.1) is 11.6 Å². The van der Waals surface area contributed by atoms with Gasteiger partial charge in [-0.05, 0) is 36.4 Å². The fraction of sp³-hybridized carbons (Fsp3) is 0.0435. The average Bonchev–Trinajstić information content (AvgIpc) is 3.26. The normalized spacial score (nSPS) is 11.6. The first-order valence-electron chi connectivity index (χ1n) is 9.97. The van der Waals surface area contributed by atoms with Gasteiger partial charge in [0.2, 0.25) is 0 Å². The number of sulfonamides is 1. The van der Waals surface area contributed by atoms with Crippen LogP contribution in [-0.2, 0) is 17.1 Å². The molecule has 5 aromatic rings. The summed E-state index contributed by atoms with van der Waals surface area (Å²) in [6, 6.07) is 9.27. The predicted octanol–water partition coefficient (Wildman–Crippen LogP) is 4.17. The zero-order chi connectivity index (χ0) is 23.9. The summed E-state index contributed by atoms with van der Waals surface area (Å²) >= 11 is 0. The Kier molecular flexibility index (Phi) is 5.25. The van der Waals surface area contributed by atoms with E-state index in [4.69, 9.17) is 4.98 Å². The predicted molar refractivity (Wildman–Crippen MR) is 122 cm³/mol. The molecule has 0 aliphatic carbocycles. The molecular weight excluding hydrogens is 462 g/mol. The standard InChI is InChI=1S/C23H16F2N6O2S/c1-31-13-27-12-22(31)17-6-7-28-21-5-4-19(29-23(17)21)14-8-16(11-26-10-14)34(32,33)30-20-3-2-15(24)9-18(20)25/h2-13,30H,1H3. The Bertz CT molecular complexity index is 1650. The molecule has 0 spiro atoms. The molecule has 0 atom stereocenters. The lowest BCUT2D eigenvalue weighted by molar-refractivity contribution is 0.582. The molecule has 0 saturated heterocycles. The van der Waals surface area contributed by atoms with Gasteiger partial charge in [0.15, 0.2) is 0 Å². The van der Waals surface area contributed by atoms with Gasteiger partial charge in [0.1, 0.15) is 16.5 Å². The van der Waals surface area contributed by atoms with Crippen molar-refractivity contribution in [3.05, 3.63) is 85.2 Å². The van der Waals surface area contributed by atoms with Gasteiger partial charge in [-0.3, -0.25) is 14.7 Å². The van der Waals surface area contributed by atoms with Gasteiger partial charge in [-0.25, -0.2) is 27.2 Å². The highest BCUT2D eigenvalue weighted by atomic mass is 32.2. The van der Waals surface area contributed by atoms with Crippen LogP contribution in [0.2, 0.25) is 0 Å². The van der Waals surface area contributed by atoms with E-state index in [0.717, 1.165) is 29.6 Å². The van der Waals surface area contributed by atoms with E-state index < -0.39 is 21.7 Å². The van der Waals surface area contributed by atoms with E-state index in [1.54, 1.807) is 30.9 Å². The third-order valence-corrected chi connectivity index (χ3v) is 6.50. The number of fused-ring (bicyclic) bond motifs is 1. The Labute approximate surface area is 193 Å². The molecule has 0 saturated carbocycles. The van der Waals surface area contributed by atoms with Crippen LogP contribution in [0.15, 0.2) is 78.5 Å². The number of rotatable bonds is 5. The number of benzene rings is 1. The molecular formula is C23H16F2N6O2S. The summed E-state index contributed by atoms with van der Waals surface area (Å²) in [6.07, 6.45) is 7.70. The second kappa shape index (κ2) is 8.27. The van der Waals surface area contributed by atoms with Crippen molar-refractivity contribution in [3.8, 4) is 22.5 Å². The maximum absolute atomic E-state index is 14.0. The highest BCUT2D eigenvalue weighted by molar-refractivity contribution is 7.92. The third-order valence-electron chi connectivity index (χ3n) is 5.17. The van der Waals surface area contributed by atoms with Crippen molar-refractivity contribution < 1.29 is 17.2 Å². The molecule has 0 unspecified atom stereocenters. The molecule has 8 nitrogen and oxygen atoms in total. The lowest BCUT2D eigenvalue weighted by Crippen LogP contribution is -2.14. The van der Waals surface area contributed by atoms with Crippen molar-refractivity contribution in [2.75, 3.05) is 4.72 Å². The summed E-state index contributed by atoms with van der Waals surface area (Å²) in [4.78, 5) is 17.1. The van der Waals surface area contributed by atoms with Crippen LogP contribution in [0.25, 0.3) is 33.5 Å². The lowest BCUT2D eigenvalue weighted by atomic mass is 10.1. The Morgan fingerprint density at radius 2 is 1.82 bits per heavy atom. The van der Waals surface area contributed by atoms with Crippen molar-refractivity contribution in [3.63, 3.8) is 0 Å². The summed E-state index contributed by atoms with van der Waals surface area (Å²) in [5.41, 5.74) is 3.47. The van der Waals surface area contributed by atoms with E-state index in [-0.39, 0.29) is 10.6 Å². The molecule has 0 amide bonds. The van der Waals surface area contributed by atoms with Gasteiger partial charge in [-0.2, -0.15) is 0 Å². The summed E-state index contributed by atoms with van der Waals surface area (Å²) in [5.74, 6) is -1.84. The number of aromatic nitrogens is 5. The maximum Gasteiger partial charge on any atom is 0.263 e. The van der Waals surface area contributed by atoms with Gasteiger partial charge in [0.25, 0.3) is 10.0 Å². The molecule has 1 N–H and O–H groups in total. The topological polar surface area (TPSA) is 103 Å². The number of imidazole rings is 1. The van der Waals surface area contributed by atoms with E-state index in [1.165, 1.54) is 12.3 Å². The number of anilines is 1. The van der Waals surface area contributed by atoms with E-state index in [2.05, 4.69) is 19.7 Å². The second-order valence-electron chi connectivity index (χ2n) is 7.45. The van der Waals surface area contributed by atoms with Crippen LogP contribution < -0.4 is 4.72 Å². The minimum atomic E-state index is -4.20. The average molecular weight is 478 g/mol. The summed E-state index contributed by atoms with van der Waals surface area (Å²) in [7, 11) is -2.33. The van der Waals surface area contributed by atoms with Gasteiger partial charge in [-0.15, -0.1) is 0 Å². The van der Waals surface area contributed by atoms with Gasteiger partial charge in [-0.1, -0.05) is 0 Å². The third kappa shape index (κ3) is 3.97. The summed E-state index contributed by atoms with van der Waals surface area (Å²) < 4.78 is 56.8. The molecule has 0 bridgehead atoms. The largest absolute Gasteiger partial charge is 0.334 e. The number of nitrogens with one attached hydrogen (secondary N) is 1. The maximum atomic E-state index is 14.0. The highest BCUT2D eigenvalue weighted by Crippen LogP contribution is 2.29. The second-order valence-corrected chi connectivity index (χ2v) is 9.13. The molecule has 34 heavy (non-hydrogen) atoms. The van der Waals surface area contributed by atoms with Gasteiger partial charge >= 0.3 is 0 Å². The van der Waals surface area contributed by atoms with Crippen LogP contribution in [0.1, 0.15) is 0 Å². The molecule has 0 aliphatic rings. The minimum Gasteiger partial charge on any atom is -0.334 e. The zero-order valence-electron chi connectivity index (χ0n) is 17.6. The fourth-order valence-electron chi connectivity index (χ4n) is 3.49. The molecule has 0 radical (unpaired) electrons. The van der Waals surface area contributed by atoms with Gasteiger partial charge in [0.05, 0.1) is 40.6 Å². The van der Waals surface area contributed by atoms with E-state index in [0.29, 0.717) is 28.4 Å². The van der Waals surface area contributed by atoms with Crippen LogP contribution in [0.4, 0.5) is 14.5 Å². The van der Waals surface area contributed by atoms with Crippen molar-refractivity contribution >= 4 is 26.7 Å². The molecule has 11 heteroatoms. The summed E-state index contributed by atoms with van der Waals surface area (Å²) in [6.45, 7) is 0. The molecule has 0 aliphatic heterocycles. The number of halogens is 2. The quantitative estimate of drug-likeness (QED) is 0.407. The first-order chi connectivity index (χ1) is 16.3. The van der Waals surface area contributed by atoms with Crippen molar-refractivity contribution in [1.29, 1.82) is 0 Å². The molecule has 5 rings (SSSR count). The van der Waals surface area contributed by atoms with Crippen molar-refractivity contribution in [2.45, 2.75) is 4.90 Å². The number of pyridine rings is 3. The minimum absolute atomic E-state index is 0.200. The number of hydrogen-bond donors (Lipinski definition) is 1. The monoisotopic (exact) mass is 478 g/mol. The van der Waals surface area contributed by atoms with Crippen LogP contribution in [-0.4, -0.2) is 32.9 Å². The van der Waals surface area contributed by atoms with Gasteiger partial charge < -0.3 is 4.57 Å². The highest BCUT2D eigenvalue weighted by Gasteiger charge is 2.19. The van der Waals surface area contributed by atoms with Crippen LogP contribution >= 0.6 is 0 Å². The Morgan fingerprint density at radius 1 is 0.971 bits per heavy atom. The van der Waals surface area contributed by atoms with Crippen LogP contribution in [0.5, 0.6) is 0 Å². The fourth-order valence-corrected chi connectivity index (χ4v) is 4.55. The number of nitrogens with zero attached hydrogens (tertiary/aromatic N) is 5. The SMILES string of the molecule is Cn1cncc1-c1ccnc2ccc(-c3cncc(S(=O)(=O)Nc4ccc(F)cc4F)c3)nc12. The van der Waals surface area contributed by atoms with Crippen LogP contribution in [0.3, 0.4) is 0 Å². The van der Waals surface area contributed by atoms with E-state index in [9.17, 15) is 17.2 Å². The molecule has 170 valence electrons. The molecule has 1 aromatic carbocycles. The Balaban J connectivity index is 1.55. The molecule has 4 aromatic heterocycles. The number of aryl methyl sites for hydroxylation is 1. The summed E-state index contributed by atoms with van der Waals surface area (Å²) in [5, 5.41) is 0. The zero-order valence-corrected chi connectivity index (χ0v) is 18.5. The number of hydrogen-bond acceptors (Lipinski definition) is 6. The first kappa shape index (κ1) is 21.6. The molecule has 4 heterocycles. The van der Waals surface area contributed by atoms with E-state index in [1.807, 2.05) is 17.7 Å².